The van der Waals surface area contributed by atoms with E-state index < -0.39 is 6.10 Å². The van der Waals surface area contributed by atoms with Gasteiger partial charge in [0.2, 0.25) is 0 Å². The van der Waals surface area contributed by atoms with Gasteiger partial charge in [0.1, 0.15) is 11.3 Å². The molecule has 1 amide bonds. The van der Waals surface area contributed by atoms with Gasteiger partial charge in [-0.25, -0.2) is 4.79 Å². The average Bonchev–Trinajstić information content (AvgIpc) is 3.47. The maximum absolute atomic E-state index is 13.0. The molecule has 1 aromatic heterocycles. The Morgan fingerprint density at radius 3 is 2.57 bits per heavy atom. The molecule has 3 fully saturated rings. The summed E-state index contributed by atoms with van der Waals surface area (Å²) in [5, 5.41) is 4.69. The molecule has 0 radical (unpaired) electrons. The van der Waals surface area contributed by atoms with Crippen molar-refractivity contribution in [2.45, 2.75) is 63.6 Å². The molecule has 4 heterocycles. The lowest BCUT2D eigenvalue weighted by Crippen LogP contribution is -2.41. The average molecular weight is 408 g/mol. The molecule has 6 rings (SSSR count). The van der Waals surface area contributed by atoms with E-state index in [2.05, 4.69) is 5.32 Å². The molecular weight excluding hydrogens is 380 g/mol. The van der Waals surface area contributed by atoms with Gasteiger partial charge < -0.3 is 19.4 Å². The van der Waals surface area contributed by atoms with Gasteiger partial charge in [-0.1, -0.05) is 0 Å². The van der Waals surface area contributed by atoms with Crippen LogP contribution >= 0.6 is 0 Å². The summed E-state index contributed by atoms with van der Waals surface area (Å²) >= 11 is 0. The summed E-state index contributed by atoms with van der Waals surface area (Å²) in [5.41, 5.74) is 2.27. The molecule has 1 N–H and O–H groups in total. The Morgan fingerprint density at radius 2 is 1.83 bits per heavy atom. The number of benzene rings is 1. The fourth-order valence-electron chi connectivity index (χ4n) is 6.37. The maximum Gasteiger partial charge on any atom is 0.339 e. The van der Waals surface area contributed by atoms with Crippen LogP contribution in [0.15, 0.2) is 27.4 Å². The van der Waals surface area contributed by atoms with Crippen LogP contribution in [0.5, 0.6) is 5.75 Å². The summed E-state index contributed by atoms with van der Waals surface area (Å²) in [5.74, 6) is 1.82. The molecule has 1 unspecified atom stereocenters. The highest BCUT2D eigenvalue weighted by molar-refractivity contribution is 5.84. The standard InChI is InChI=1S/C24H28N2O4/c1-13(23(27)26-11-18-19(12-26)21-9-8-20(18)25-21)29-14-6-7-16-15-4-2-3-5-17(15)24(28)30-22(16)10-14/h6-7,10,13,18-21,25H,2-5,8-9,11-12H2,1H3/t13?,18-,19+,20-,21+. The van der Waals surface area contributed by atoms with Crippen LogP contribution in [0, 0.1) is 11.8 Å². The first-order valence-corrected chi connectivity index (χ1v) is 11.4. The third-order valence-electron chi connectivity index (χ3n) is 7.83. The zero-order valence-electron chi connectivity index (χ0n) is 17.4. The number of likely N-dealkylation sites (tertiary alicyclic amines) is 1. The number of hydrogen-bond acceptors (Lipinski definition) is 5. The van der Waals surface area contributed by atoms with Crippen molar-refractivity contribution < 1.29 is 13.9 Å². The Balaban J connectivity index is 1.20. The molecular formula is C24H28N2O4. The monoisotopic (exact) mass is 408 g/mol. The second kappa shape index (κ2) is 6.84. The number of carbonyl (C=O) groups excluding carboxylic acids is 1. The first-order chi connectivity index (χ1) is 14.6. The molecule has 6 heteroatoms. The normalized spacial score (nSPS) is 30.4. The SMILES string of the molecule is CC(Oc1ccc2c3c(c(=O)oc2c1)CCCC3)C(=O)N1C[C@@H]2[C@H](C1)[C@@H]1CC[C@H]2N1. The lowest BCUT2D eigenvalue weighted by atomic mass is 9.82. The predicted octanol–water partition coefficient (Wildman–Crippen LogP) is 2.65. The van der Waals surface area contributed by atoms with E-state index in [4.69, 9.17) is 9.15 Å². The van der Waals surface area contributed by atoms with Crippen LogP contribution in [0.3, 0.4) is 0 Å². The fraction of sp³-hybridized carbons (Fsp3) is 0.583. The molecule has 3 aliphatic heterocycles. The predicted molar refractivity (Wildman–Crippen MR) is 113 cm³/mol. The molecule has 2 aromatic rings. The number of amides is 1. The van der Waals surface area contributed by atoms with Crippen LogP contribution in [0.25, 0.3) is 11.0 Å². The van der Waals surface area contributed by atoms with Crippen molar-refractivity contribution >= 4 is 16.9 Å². The Hall–Kier alpha value is -2.34. The van der Waals surface area contributed by atoms with Crippen LogP contribution in [0.1, 0.15) is 43.7 Å². The zero-order valence-corrected chi connectivity index (χ0v) is 17.4. The van der Waals surface area contributed by atoms with Gasteiger partial charge in [0.15, 0.2) is 6.10 Å². The fourth-order valence-corrected chi connectivity index (χ4v) is 6.37. The molecule has 2 bridgehead atoms. The molecule has 6 nitrogen and oxygen atoms in total. The van der Waals surface area contributed by atoms with Crippen LogP contribution in [0.2, 0.25) is 0 Å². The van der Waals surface area contributed by atoms with Crippen molar-refractivity contribution in [1.29, 1.82) is 0 Å². The minimum absolute atomic E-state index is 0.0517. The van der Waals surface area contributed by atoms with Gasteiger partial charge in [0, 0.05) is 42.2 Å². The third kappa shape index (κ3) is 2.80. The molecule has 1 aromatic carbocycles. The number of ether oxygens (including phenoxy) is 1. The number of rotatable bonds is 3. The van der Waals surface area contributed by atoms with E-state index >= 15 is 0 Å². The number of nitrogens with zero attached hydrogens (tertiary/aromatic N) is 1. The van der Waals surface area contributed by atoms with Crippen molar-refractivity contribution in [2.75, 3.05) is 13.1 Å². The molecule has 3 saturated heterocycles. The van der Waals surface area contributed by atoms with Gasteiger partial charge in [-0.15, -0.1) is 0 Å². The van der Waals surface area contributed by atoms with E-state index in [9.17, 15) is 9.59 Å². The number of carbonyl (C=O) groups is 1. The molecule has 30 heavy (non-hydrogen) atoms. The van der Waals surface area contributed by atoms with Crippen LogP contribution in [-0.4, -0.2) is 42.1 Å². The van der Waals surface area contributed by atoms with Crippen molar-refractivity contribution in [2.24, 2.45) is 11.8 Å². The van der Waals surface area contributed by atoms with E-state index in [0.29, 0.717) is 35.3 Å². The summed E-state index contributed by atoms with van der Waals surface area (Å²) in [6, 6.07) is 6.80. The Morgan fingerprint density at radius 1 is 1.13 bits per heavy atom. The largest absolute Gasteiger partial charge is 0.481 e. The van der Waals surface area contributed by atoms with Crippen LogP contribution < -0.4 is 15.7 Å². The van der Waals surface area contributed by atoms with Crippen molar-refractivity contribution in [3.63, 3.8) is 0 Å². The highest BCUT2D eigenvalue weighted by Gasteiger charge is 2.52. The summed E-state index contributed by atoms with van der Waals surface area (Å²) in [6.45, 7) is 3.49. The second-order valence-electron chi connectivity index (χ2n) is 9.50. The quantitative estimate of drug-likeness (QED) is 0.791. The third-order valence-corrected chi connectivity index (χ3v) is 7.83. The van der Waals surface area contributed by atoms with Crippen molar-refractivity contribution in [3.05, 3.63) is 39.7 Å². The lowest BCUT2D eigenvalue weighted by Gasteiger charge is -2.23. The Bertz CT molecular complexity index is 1060. The smallest absolute Gasteiger partial charge is 0.339 e. The topological polar surface area (TPSA) is 71.8 Å². The number of aryl methyl sites for hydroxylation is 1. The number of fused-ring (bicyclic) bond motifs is 8. The summed E-state index contributed by atoms with van der Waals surface area (Å²) in [4.78, 5) is 27.4. The summed E-state index contributed by atoms with van der Waals surface area (Å²) in [6.07, 6.45) is 5.78. The maximum atomic E-state index is 13.0. The van der Waals surface area contributed by atoms with Gasteiger partial charge in [0.25, 0.3) is 5.91 Å². The van der Waals surface area contributed by atoms with Crippen molar-refractivity contribution in [3.8, 4) is 5.75 Å². The van der Waals surface area contributed by atoms with E-state index in [1.165, 1.54) is 12.8 Å². The Kier molecular flexibility index (Phi) is 4.20. The number of hydrogen-bond donors (Lipinski definition) is 1. The van der Waals surface area contributed by atoms with E-state index in [-0.39, 0.29) is 11.5 Å². The molecule has 5 atom stereocenters. The molecule has 1 aliphatic carbocycles. The van der Waals surface area contributed by atoms with Gasteiger partial charge >= 0.3 is 5.63 Å². The zero-order chi connectivity index (χ0) is 20.4. The highest BCUT2D eigenvalue weighted by Crippen LogP contribution is 2.43. The number of nitrogens with one attached hydrogen (secondary N) is 1. The van der Waals surface area contributed by atoms with E-state index in [1.54, 1.807) is 6.07 Å². The molecule has 158 valence electrons. The summed E-state index contributed by atoms with van der Waals surface area (Å²) in [7, 11) is 0. The first kappa shape index (κ1) is 18.4. The van der Waals surface area contributed by atoms with Gasteiger partial charge in [0.05, 0.1) is 0 Å². The minimum atomic E-state index is -0.559. The van der Waals surface area contributed by atoms with E-state index in [1.807, 2.05) is 24.0 Å². The Labute approximate surface area is 175 Å². The summed E-state index contributed by atoms with van der Waals surface area (Å²) < 4.78 is 11.6. The first-order valence-electron chi connectivity index (χ1n) is 11.4. The second-order valence-corrected chi connectivity index (χ2v) is 9.50. The van der Waals surface area contributed by atoms with Crippen molar-refractivity contribution in [1.82, 2.24) is 10.2 Å². The van der Waals surface area contributed by atoms with Crippen LogP contribution in [-0.2, 0) is 17.6 Å². The molecule has 4 aliphatic rings. The highest BCUT2D eigenvalue weighted by atomic mass is 16.5. The van der Waals surface area contributed by atoms with Gasteiger partial charge in [-0.05, 0) is 75.0 Å². The minimum Gasteiger partial charge on any atom is -0.481 e. The lowest BCUT2D eigenvalue weighted by molar-refractivity contribution is -0.137. The van der Waals surface area contributed by atoms with Gasteiger partial charge in [-0.2, -0.15) is 0 Å². The molecule has 0 saturated carbocycles. The van der Waals surface area contributed by atoms with Gasteiger partial charge in [-0.3, -0.25) is 4.79 Å². The van der Waals surface area contributed by atoms with Crippen LogP contribution in [0.4, 0.5) is 0 Å². The van der Waals surface area contributed by atoms with E-state index in [0.717, 1.165) is 55.3 Å². The molecule has 0 spiro atoms.